The van der Waals surface area contributed by atoms with E-state index in [9.17, 15) is 4.79 Å². The summed E-state index contributed by atoms with van der Waals surface area (Å²) in [5.74, 6) is 1.39. The van der Waals surface area contributed by atoms with Crippen molar-refractivity contribution < 1.29 is 4.79 Å². The van der Waals surface area contributed by atoms with Crippen molar-refractivity contribution in [2.24, 2.45) is 11.7 Å². The van der Waals surface area contributed by atoms with Gasteiger partial charge in [-0.1, -0.05) is 25.2 Å². The van der Waals surface area contributed by atoms with Gasteiger partial charge >= 0.3 is 0 Å². The number of carbonyl (C=O) groups is 1. The van der Waals surface area contributed by atoms with Gasteiger partial charge in [-0.25, -0.2) is 0 Å². The number of benzene rings is 1. The Morgan fingerprint density at radius 3 is 2.81 bits per heavy atom. The summed E-state index contributed by atoms with van der Waals surface area (Å²) in [6.45, 7) is 3.37. The van der Waals surface area contributed by atoms with Crippen LogP contribution in [0.2, 0.25) is 0 Å². The third kappa shape index (κ3) is 4.61. The van der Waals surface area contributed by atoms with Crippen LogP contribution in [0.3, 0.4) is 0 Å². The predicted octanol–water partition coefficient (Wildman–Crippen LogP) is 2.37. The number of thiocarbonyl (C=S) groups is 1. The minimum atomic E-state index is 0.168. The lowest BCUT2D eigenvalue weighted by Crippen LogP contribution is -2.30. The molecule has 4 nitrogen and oxygen atoms in total. The Morgan fingerprint density at radius 1 is 1.43 bits per heavy atom. The van der Waals surface area contributed by atoms with Crippen LogP contribution in [-0.2, 0) is 4.79 Å². The first-order valence-electron chi connectivity index (χ1n) is 7.20. The average molecular weight is 323 g/mol. The van der Waals surface area contributed by atoms with E-state index in [2.05, 4.69) is 17.6 Å². The van der Waals surface area contributed by atoms with Gasteiger partial charge < -0.3 is 16.4 Å². The van der Waals surface area contributed by atoms with Crippen molar-refractivity contribution in [3.05, 3.63) is 23.8 Å². The lowest BCUT2D eigenvalue weighted by Gasteiger charge is -2.15. The van der Waals surface area contributed by atoms with E-state index in [1.165, 1.54) is 0 Å². The first-order valence-corrected chi connectivity index (χ1v) is 8.60. The molecular weight excluding hydrogens is 302 g/mol. The summed E-state index contributed by atoms with van der Waals surface area (Å²) in [5.41, 5.74) is 7.68. The average Bonchev–Trinajstić information content (AvgIpc) is 3.28. The molecule has 0 unspecified atom stereocenters. The second kappa shape index (κ2) is 7.66. The highest BCUT2D eigenvalue weighted by Gasteiger charge is 2.28. The first-order chi connectivity index (χ1) is 10.1. The van der Waals surface area contributed by atoms with Gasteiger partial charge in [0.05, 0.1) is 0 Å². The Kier molecular flexibility index (Phi) is 5.87. The molecule has 21 heavy (non-hydrogen) atoms. The van der Waals surface area contributed by atoms with E-state index >= 15 is 0 Å². The zero-order chi connectivity index (χ0) is 15.2. The number of amides is 1. The summed E-state index contributed by atoms with van der Waals surface area (Å²) in [4.78, 5) is 13.0. The van der Waals surface area contributed by atoms with E-state index < -0.39 is 0 Å². The molecule has 4 N–H and O–H groups in total. The molecule has 0 spiro atoms. The van der Waals surface area contributed by atoms with Crippen molar-refractivity contribution in [1.29, 1.82) is 0 Å². The van der Waals surface area contributed by atoms with Crippen LogP contribution >= 0.6 is 24.0 Å². The van der Waals surface area contributed by atoms with Crippen molar-refractivity contribution >= 4 is 40.6 Å². The molecule has 1 aromatic carbocycles. The number of rotatable bonds is 8. The van der Waals surface area contributed by atoms with Crippen molar-refractivity contribution in [2.45, 2.75) is 24.7 Å². The molecule has 6 heteroatoms. The second-order valence-electron chi connectivity index (χ2n) is 4.97. The highest BCUT2D eigenvalue weighted by Crippen LogP contribution is 2.29. The Bertz CT molecular complexity index is 530. The van der Waals surface area contributed by atoms with E-state index in [4.69, 9.17) is 18.0 Å². The van der Waals surface area contributed by atoms with Gasteiger partial charge in [0, 0.05) is 35.2 Å². The normalized spacial score (nSPS) is 13.8. The smallest absolute Gasteiger partial charge is 0.223 e. The largest absolute Gasteiger partial charge is 0.389 e. The van der Waals surface area contributed by atoms with Gasteiger partial charge in [0.25, 0.3) is 0 Å². The molecule has 1 saturated carbocycles. The highest BCUT2D eigenvalue weighted by atomic mass is 32.2. The number of anilines is 1. The molecule has 2 rings (SSSR count). The van der Waals surface area contributed by atoms with Gasteiger partial charge in [0.1, 0.15) is 4.99 Å². The topological polar surface area (TPSA) is 67.1 Å². The van der Waals surface area contributed by atoms with E-state index in [1.807, 2.05) is 18.2 Å². The van der Waals surface area contributed by atoms with Crippen molar-refractivity contribution in [3.8, 4) is 0 Å². The quantitative estimate of drug-likeness (QED) is 0.389. The molecule has 0 aromatic heterocycles. The Labute approximate surface area is 135 Å². The SMILES string of the molecule is CCSc1cccc(NCCNC(=O)C2CC2)c1C(N)=S. The van der Waals surface area contributed by atoms with Crippen LogP contribution in [0.15, 0.2) is 23.1 Å². The molecule has 1 aromatic rings. The fourth-order valence-electron chi connectivity index (χ4n) is 2.08. The summed E-state index contributed by atoms with van der Waals surface area (Å²) in [5, 5.41) is 6.25. The lowest BCUT2D eigenvalue weighted by atomic mass is 10.1. The second-order valence-corrected chi connectivity index (χ2v) is 6.71. The van der Waals surface area contributed by atoms with E-state index in [1.54, 1.807) is 11.8 Å². The van der Waals surface area contributed by atoms with Crippen molar-refractivity contribution in [2.75, 3.05) is 24.2 Å². The Morgan fingerprint density at radius 2 is 2.19 bits per heavy atom. The van der Waals surface area contributed by atoms with Crippen LogP contribution in [0.1, 0.15) is 25.3 Å². The predicted molar refractivity (Wildman–Crippen MR) is 93.0 cm³/mol. The molecule has 1 aliphatic carbocycles. The molecule has 1 amide bonds. The molecule has 1 fully saturated rings. The summed E-state index contributed by atoms with van der Waals surface area (Å²) in [6.07, 6.45) is 2.06. The maximum atomic E-state index is 11.5. The molecule has 0 radical (unpaired) electrons. The van der Waals surface area contributed by atoms with Crippen LogP contribution in [0.4, 0.5) is 5.69 Å². The number of carbonyl (C=O) groups excluding carboxylic acids is 1. The first kappa shape index (κ1) is 16.1. The molecule has 0 heterocycles. The van der Waals surface area contributed by atoms with Gasteiger partial charge in [0.15, 0.2) is 0 Å². The maximum absolute atomic E-state index is 11.5. The lowest BCUT2D eigenvalue weighted by molar-refractivity contribution is -0.122. The molecule has 0 atom stereocenters. The summed E-state index contributed by atoms with van der Waals surface area (Å²) < 4.78 is 0. The number of thioether (sulfide) groups is 1. The van der Waals surface area contributed by atoms with Gasteiger partial charge in [0.2, 0.25) is 5.91 Å². The van der Waals surface area contributed by atoms with Gasteiger partial charge in [-0.05, 0) is 30.7 Å². The van der Waals surface area contributed by atoms with E-state index in [0.717, 1.165) is 34.7 Å². The number of hydrogen-bond acceptors (Lipinski definition) is 4. The van der Waals surface area contributed by atoms with Gasteiger partial charge in [-0.3, -0.25) is 4.79 Å². The van der Waals surface area contributed by atoms with Gasteiger partial charge in [-0.15, -0.1) is 11.8 Å². The fraction of sp³-hybridized carbons (Fsp3) is 0.467. The molecule has 0 saturated heterocycles. The molecule has 0 bridgehead atoms. The standard InChI is InChI=1S/C15H21N3OS2/c1-2-21-12-5-3-4-11(13(12)14(16)20)17-8-9-18-15(19)10-6-7-10/h3-5,10,17H,2,6-9H2,1H3,(H2,16,20)(H,18,19). The molecular formula is C15H21N3OS2. The van der Waals surface area contributed by atoms with Gasteiger partial charge in [-0.2, -0.15) is 0 Å². The van der Waals surface area contributed by atoms with Crippen molar-refractivity contribution in [1.82, 2.24) is 5.32 Å². The zero-order valence-corrected chi connectivity index (χ0v) is 13.8. The summed E-state index contributed by atoms with van der Waals surface area (Å²) in [7, 11) is 0. The van der Waals surface area contributed by atoms with Crippen LogP contribution in [0.5, 0.6) is 0 Å². The van der Waals surface area contributed by atoms with Crippen LogP contribution in [-0.4, -0.2) is 29.7 Å². The van der Waals surface area contributed by atoms with Crippen LogP contribution < -0.4 is 16.4 Å². The van der Waals surface area contributed by atoms with Crippen LogP contribution in [0.25, 0.3) is 0 Å². The fourth-order valence-corrected chi connectivity index (χ4v) is 3.22. The number of nitrogens with two attached hydrogens (primary N) is 1. The summed E-state index contributed by atoms with van der Waals surface area (Å²) in [6, 6.07) is 5.99. The molecule has 114 valence electrons. The molecule has 1 aliphatic rings. The molecule has 0 aliphatic heterocycles. The van der Waals surface area contributed by atoms with Crippen molar-refractivity contribution in [3.63, 3.8) is 0 Å². The third-order valence-corrected chi connectivity index (χ3v) is 4.40. The maximum Gasteiger partial charge on any atom is 0.223 e. The van der Waals surface area contributed by atoms with E-state index in [0.29, 0.717) is 18.1 Å². The highest BCUT2D eigenvalue weighted by molar-refractivity contribution is 7.99. The minimum Gasteiger partial charge on any atom is -0.389 e. The monoisotopic (exact) mass is 323 g/mol. The minimum absolute atomic E-state index is 0.168. The zero-order valence-electron chi connectivity index (χ0n) is 12.1. The number of hydrogen-bond donors (Lipinski definition) is 3. The Balaban J connectivity index is 1.93. The summed E-state index contributed by atoms with van der Waals surface area (Å²) >= 11 is 6.89. The van der Waals surface area contributed by atoms with Crippen LogP contribution in [0, 0.1) is 5.92 Å². The number of nitrogens with one attached hydrogen (secondary N) is 2. The Hall–Kier alpha value is -1.27. The third-order valence-electron chi connectivity index (χ3n) is 3.26. The van der Waals surface area contributed by atoms with E-state index in [-0.39, 0.29) is 11.8 Å².